The molecule has 2 aliphatic rings. The fourth-order valence-electron chi connectivity index (χ4n) is 6.87. The van der Waals surface area contributed by atoms with E-state index < -0.39 is 17.3 Å². The summed E-state index contributed by atoms with van der Waals surface area (Å²) in [4.78, 5) is 28.4. The van der Waals surface area contributed by atoms with Crippen LogP contribution in [0.2, 0.25) is 5.02 Å². The van der Waals surface area contributed by atoms with Crippen molar-refractivity contribution in [2.75, 3.05) is 28.2 Å². The normalized spacial score (nSPS) is 24.5. The molecule has 6 atom stereocenters. The second kappa shape index (κ2) is 17.3. The SMILES string of the molecule is CN(C)[C@H]1C[C@@H](c2cc(F)cc(Cl)c2)CC[C@@H]1NC(=O)OC(C)(C)C.CN(C)[C@H]1C[C@@H](c2cccc(F)c2)CC[C@@H]1NC(=O)OC(C)(C)C. The van der Waals surface area contributed by atoms with E-state index in [1.54, 1.807) is 18.2 Å². The Morgan fingerprint density at radius 1 is 0.694 bits per heavy atom. The highest BCUT2D eigenvalue weighted by Crippen LogP contribution is 2.37. The Morgan fingerprint density at radius 2 is 1.14 bits per heavy atom. The van der Waals surface area contributed by atoms with Crippen LogP contribution in [0.1, 0.15) is 103 Å². The van der Waals surface area contributed by atoms with Gasteiger partial charge in [-0.15, -0.1) is 0 Å². The van der Waals surface area contributed by atoms with E-state index in [0.717, 1.165) is 49.7 Å². The maximum atomic E-state index is 13.7. The summed E-state index contributed by atoms with van der Waals surface area (Å²) in [6.07, 6.45) is 4.40. The molecular weight excluding hydrogens is 650 g/mol. The summed E-state index contributed by atoms with van der Waals surface area (Å²) in [5, 5.41) is 6.43. The van der Waals surface area contributed by atoms with Crippen LogP contribution < -0.4 is 10.6 Å². The van der Waals surface area contributed by atoms with Crippen LogP contribution >= 0.6 is 11.6 Å². The summed E-state index contributed by atoms with van der Waals surface area (Å²) in [5.41, 5.74) is 0.939. The van der Waals surface area contributed by atoms with Crippen molar-refractivity contribution in [3.8, 4) is 0 Å². The van der Waals surface area contributed by atoms with Gasteiger partial charge in [-0.3, -0.25) is 0 Å². The smallest absolute Gasteiger partial charge is 0.407 e. The molecule has 0 aliphatic heterocycles. The molecule has 0 heterocycles. The lowest BCUT2D eigenvalue weighted by Gasteiger charge is -2.40. The second-order valence-corrected chi connectivity index (χ2v) is 16.3. The number of rotatable bonds is 6. The van der Waals surface area contributed by atoms with E-state index in [1.807, 2.05) is 81.9 Å². The van der Waals surface area contributed by atoms with E-state index in [0.29, 0.717) is 10.9 Å². The van der Waals surface area contributed by atoms with Crippen molar-refractivity contribution in [2.24, 2.45) is 0 Å². The summed E-state index contributed by atoms with van der Waals surface area (Å²) in [6.45, 7) is 11.1. The Labute approximate surface area is 297 Å². The van der Waals surface area contributed by atoms with Crippen LogP contribution in [0.3, 0.4) is 0 Å². The molecule has 0 bridgehead atoms. The standard InChI is InChI=1S/C19H28ClFN2O2.C19H29FN2O2/c1-19(2,3)25-18(24)22-16-7-6-12(10-17(16)23(4)5)13-8-14(20)11-15(21)9-13;1-19(2,3)24-18(23)21-16-10-9-14(12-17(16)22(4)5)13-7-6-8-15(20)11-13/h8-9,11-12,16-17H,6-7,10H2,1-5H3,(H,22,24);6-8,11,14,16-17H,9-10,12H2,1-5H3,(H,21,23)/t12-,16-,17-;14-,16-,17-/m00/s1. The van der Waals surface area contributed by atoms with Gasteiger partial charge in [-0.1, -0.05) is 23.7 Å². The van der Waals surface area contributed by atoms with E-state index >= 15 is 0 Å². The highest BCUT2D eigenvalue weighted by Gasteiger charge is 2.36. The first-order valence-corrected chi connectivity index (χ1v) is 17.6. The number of likely N-dealkylation sites (N-methyl/N-ethyl adjacent to an activating group) is 2. The van der Waals surface area contributed by atoms with E-state index in [9.17, 15) is 18.4 Å². The Bertz CT molecular complexity index is 1370. The Hall–Kier alpha value is -2.95. The van der Waals surface area contributed by atoms with Gasteiger partial charge >= 0.3 is 12.2 Å². The zero-order chi connectivity index (χ0) is 36.7. The molecule has 2 N–H and O–H groups in total. The minimum atomic E-state index is -0.521. The van der Waals surface area contributed by atoms with E-state index in [1.165, 1.54) is 12.1 Å². The molecule has 2 amide bonds. The number of nitrogens with zero attached hydrogens (tertiary/aromatic N) is 2. The van der Waals surface area contributed by atoms with Crippen LogP contribution in [0.4, 0.5) is 18.4 Å². The Kier molecular flexibility index (Phi) is 14.3. The number of benzene rings is 2. The average molecular weight is 707 g/mol. The minimum absolute atomic E-state index is 0.00475. The lowest BCUT2D eigenvalue weighted by Crippen LogP contribution is -2.53. The topological polar surface area (TPSA) is 83.1 Å². The first-order valence-electron chi connectivity index (χ1n) is 17.2. The third-order valence-corrected chi connectivity index (χ3v) is 9.26. The van der Waals surface area contributed by atoms with Crippen molar-refractivity contribution < 1.29 is 27.8 Å². The van der Waals surface area contributed by atoms with Crippen LogP contribution in [0, 0.1) is 11.6 Å². The number of hydrogen-bond donors (Lipinski definition) is 2. The first-order chi connectivity index (χ1) is 22.7. The Balaban J connectivity index is 0.000000266. The maximum Gasteiger partial charge on any atom is 0.407 e. The largest absolute Gasteiger partial charge is 0.444 e. The number of halogens is 3. The van der Waals surface area contributed by atoms with Crippen molar-refractivity contribution in [1.29, 1.82) is 0 Å². The molecule has 0 spiro atoms. The van der Waals surface area contributed by atoms with Gasteiger partial charge in [0.2, 0.25) is 0 Å². The molecule has 2 aromatic rings. The second-order valence-electron chi connectivity index (χ2n) is 15.8. The summed E-state index contributed by atoms with van der Waals surface area (Å²) in [5.74, 6) is 0.0305. The van der Waals surface area contributed by atoms with Gasteiger partial charge < -0.3 is 29.9 Å². The average Bonchev–Trinajstić information content (AvgIpc) is 2.95. The predicted octanol–water partition coefficient (Wildman–Crippen LogP) is 8.49. The third-order valence-electron chi connectivity index (χ3n) is 9.04. The zero-order valence-corrected chi connectivity index (χ0v) is 31.7. The lowest BCUT2D eigenvalue weighted by molar-refractivity contribution is 0.0434. The van der Waals surface area contributed by atoms with Crippen LogP contribution in [-0.4, -0.2) is 85.5 Å². The van der Waals surface area contributed by atoms with Gasteiger partial charge in [0.15, 0.2) is 0 Å². The monoisotopic (exact) mass is 706 g/mol. The van der Waals surface area contributed by atoms with Gasteiger partial charge in [0.05, 0.1) is 0 Å². The molecule has 0 saturated heterocycles. The third kappa shape index (κ3) is 13.4. The number of ether oxygens (including phenoxy) is 2. The van der Waals surface area contributed by atoms with Gasteiger partial charge in [-0.2, -0.15) is 0 Å². The van der Waals surface area contributed by atoms with Gasteiger partial charge in [0, 0.05) is 29.2 Å². The lowest BCUT2D eigenvalue weighted by atomic mass is 9.78. The van der Waals surface area contributed by atoms with Crippen LogP contribution in [0.15, 0.2) is 42.5 Å². The number of alkyl carbamates (subject to hydrolysis) is 2. The molecule has 49 heavy (non-hydrogen) atoms. The predicted molar refractivity (Wildman–Crippen MR) is 192 cm³/mol. The van der Waals surface area contributed by atoms with E-state index in [4.69, 9.17) is 21.1 Å². The molecule has 0 aromatic heterocycles. The van der Waals surface area contributed by atoms with E-state index in [-0.39, 0.29) is 47.8 Å². The summed E-state index contributed by atoms with van der Waals surface area (Å²) in [7, 11) is 8.02. The number of carbonyl (C=O) groups excluding carboxylic acids is 2. The number of nitrogens with one attached hydrogen (secondary N) is 2. The molecule has 0 unspecified atom stereocenters. The van der Waals surface area contributed by atoms with Crippen molar-refractivity contribution in [3.63, 3.8) is 0 Å². The fraction of sp³-hybridized carbons (Fsp3) is 0.632. The van der Waals surface area contributed by atoms with Crippen LogP contribution in [0.5, 0.6) is 0 Å². The summed E-state index contributed by atoms with van der Waals surface area (Å²) in [6, 6.07) is 12.0. The van der Waals surface area contributed by atoms with E-state index in [2.05, 4.69) is 20.4 Å². The molecule has 4 rings (SSSR count). The molecule has 0 radical (unpaired) electrons. The number of amides is 2. The minimum Gasteiger partial charge on any atom is -0.444 e. The molecule has 2 aromatic carbocycles. The van der Waals surface area contributed by atoms with Crippen LogP contribution in [0.25, 0.3) is 0 Å². The molecule has 2 aliphatic carbocycles. The Morgan fingerprint density at radius 3 is 1.55 bits per heavy atom. The molecule has 274 valence electrons. The van der Waals surface area contributed by atoms with Gasteiger partial charge in [0.1, 0.15) is 22.8 Å². The molecule has 2 fully saturated rings. The molecular formula is C38H57ClF2N4O4. The van der Waals surface area contributed by atoms with Crippen molar-refractivity contribution >= 4 is 23.8 Å². The number of hydrogen-bond acceptors (Lipinski definition) is 6. The quantitative estimate of drug-likeness (QED) is 0.314. The number of carbonyl (C=O) groups is 2. The molecule has 8 nitrogen and oxygen atoms in total. The van der Waals surface area contributed by atoms with Gasteiger partial charge in [-0.25, -0.2) is 18.4 Å². The first kappa shape index (κ1) is 40.5. The highest BCUT2D eigenvalue weighted by atomic mass is 35.5. The van der Waals surface area contributed by atoms with Crippen LogP contribution in [-0.2, 0) is 9.47 Å². The summed E-state index contributed by atoms with van der Waals surface area (Å²) < 4.78 is 37.9. The van der Waals surface area contributed by atoms with Crippen molar-refractivity contribution in [3.05, 3.63) is 70.2 Å². The van der Waals surface area contributed by atoms with Gasteiger partial charge in [0.25, 0.3) is 0 Å². The van der Waals surface area contributed by atoms with Crippen molar-refractivity contribution in [1.82, 2.24) is 20.4 Å². The zero-order valence-electron chi connectivity index (χ0n) is 30.9. The fourth-order valence-corrected chi connectivity index (χ4v) is 7.10. The molecule has 2 saturated carbocycles. The van der Waals surface area contributed by atoms with Crippen molar-refractivity contribution in [2.45, 2.75) is 127 Å². The highest BCUT2D eigenvalue weighted by molar-refractivity contribution is 6.30. The summed E-state index contributed by atoms with van der Waals surface area (Å²) >= 11 is 6.00. The maximum absolute atomic E-state index is 13.7. The van der Waals surface area contributed by atoms with Gasteiger partial charge in [-0.05, 0) is 162 Å². The molecule has 11 heteroatoms.